The highest BCUT2D eigenvalue weighted by atomic mass is 16.5. The summed E-state index contributed by atoms with van der Waals surface area (Å²) in [7, 11) is 0. The first-order valence-electron chi connectivity index (χ1n) is 7.64. The van der Waals surface area contributed by atoms with Gasteiger partial charge in [0.2, 0.25) is 0 Å². The fourth-order valence-corrected chi connectivity index (χ4v) is 2.00. The minimum atomic E-state index is -0.251. The summed E-state index contributed by atoms with van der Waals surface area (Å²) in [5, 5.41) is 12.0. The third-order valence-corrected chi connectivity index (χ3v) is 3.09. The van der Waals surface area contributed by atoms with E-state index in [1.54, 1.807) is 30.3 Å². The number of ether oxygens (including phenoxy) is 2. The Bertz CT molecular complexity index is 653. The van der Waals surface area contributed by atoms with Crippen LogP contribution in [0.2, 0.25) is 0 Å². The van der Waals surface area contributed by atoms with Gasteiger partial charge >= 0.3 is 0 Å². The Morgan fingerprint density at radius 1 is 1.04 bits per heavy atom. The predicted molar refractivity (Wildman–Crippen MR) is 89.5 cm³/mol. The van der Waals surface area contributed by atoms with Gasteiger partial charge in [0.25, 0.3) is 5.91 Å². The number of nitrogens with one attached hydrogen (secondary N) is 1. The molecule has 23 heavy (non-hydrogen) atoms. The number of phenolic OH excluding ortho intramolecular Hbond substituents is 1. The fourth-order valence-electron chi connectivity index (χ4n) is 2.00. The molecule has 0 heterocycles. The summed E-state index contributed by atoms with van der Waals surface area (Å²) in [5.41, 5.74) is 1.09. The fraction of sp³-hybridized carbons (Fsp3) is 0.278. The van der Waals surface area contributed by atoms with Gasteiger partial charge in [0.05, 0.1) is 13.2 Å². The van der Waals surface area contributed by atoms with Gasteiger partial charge in [-0.2, -0.15) is 0 Å². The van der Waals surface area contributed by atoms with Gasteiger partial charge in [-0.25, -0.2) is 0 Å². The van der Waals surface area contributed by atoms with Gasteiger partial charge < -0.3 is 19.9 Å². The molecule has 122 valence electrons. The number of hydrogen-bond acceptors (Lipinski definition) is 4. The Morgan fingerprint density at radius 3 is 2.43 bits per heavy atom. The summed E-state index contributed by atoms with van der Waals surface area (Å²) in [6.45, 7) is 5.00. The molecule has 0 fully saturated rings. The van der Waals surface area contributed by atoms with Crippen LogP contribution in [0.3, 0.4) is 0 Å². The van der Waals surface area contributed by atoms with E-state index in [0.29, 0.717) is 36.0 Å². The van der Waals surface area contributed by atoms with Crippen molar-refractivity contribution in [1.29, 1.82) is 0 Å². The summed E-state index contributed by atoms with van der Waals surface area (Å²) in [6, 6.07) is 11.4. The molecular formula is C18H21NO4. The second-order valence-corrected chi connectivity index (χ2v) is 4.94. The summed E-state index contributed by atoms with van der Waals surface area (Å²) in [4.78, 5) is 12.3. The van der Waals surface area contributed by atoms with Crippen molar-refractivity contribution in [2.24, 2.45) is 0 Å². The largest absolute Gasteiger partial charge is 0.508 e. The molecule has 2 N–H and O–H groups in total. The van der Waals surface area contributed by atoms with E-state index in [0.717, 1.165) is 6.42 Å². The highest BCUT2D eigenvalue weighted by molar-refractivity contribution is 6.04. The van der Waals surface area contributed by atoms with Gasteiger partial charge in [-0.1, -0.05) is 6.92 Å². The molecular weight excluding hydrogens is 294 g/mol. The Hall–Kier alpha value is -2.69. The zero-order valence-electron chi connectivity index (χ0n) is 13.3. The standard InChI is InChI=1S/C18H21NO4/c1-3-11-23-16-10-5-13(12-17(16)22-4-2)18(21)19-14-6-8-15(20)9-7-14/h5-10,12,20H,3-4,11H2,1-2H3,(H,19,21). The highest BCUT2D eigenvalue weighted by Gasteiger charge is 2.12. The number of rotatable bonds is 7. The maximum absolute atomic E-state index is 12.3. The smallest absolute Gasteiger partial charge is 0.255 e. The molecule has 0 saturated heterocycles. The van der Waals surface area contributed by atoms with Crippen molar-refractivity contribution < 1.29 is 19.4 Å². The van der Waals surface area contributed by atoms with Crippen LogP contribution in [-0.4, -0.2) is 24.2 Å². The van der Waals surface area contributed by atoms with E-state index in [-0.39, 0.29) is 11.7 Å². The first kappa shape index (κ1) is 16.7. The lowest BCUT2D eigenvalue weighted by Gasteiger charge is -2.13. The van der Waals surface area contributed by atoms with Crippen molar-refractivity contribution in [3.05, 3.63) is 48.0 Å². The molecule has 0 aliphatic heterocycles. The molecule has 1 amide bonds. The SMILES string of the molecule is CCCOc1ccc(C(=O)Nc2ccc(O)cc2)cc1OCC. The Kier molecular flexibility index (Phi) is 5.86. The molecule has 0 radical (unpaired) electrons. The van der Waals surface area contributed by atoms with Crippen LogP contribution in [0, 0.1) is 0 Å². The van der Waals surface area contributed by atoms with Crippen LogP contribution >= 0.6 is 0 Å². The third kappa shape index (κ3) is 4.64. The van der Waals surface area contributed by atoms with E-state index in [4.69, 9.17) is 9.47 Å². The van der Waals surface area contributed by atoms with E-state index in [9.17, 15) is 9.90 Å². The minimum absolute atomic E-state index is 0.152. The maximum atomic E-state index is 12.3. The zero-order valence-corrected chi connectivity index (χ0v) is 13.3. The number of carbonyl (C=O) groups is 1. The van der Waals surface area contributed by atoms with Crippen molar-refractivity contribution in [1.82, 2.24) is 0 Å². The lowest BCUT2D eigenvalue weighted by atomic mass is 10.1. The van der Waals surface area contributed by atoms with E-state index >= 15 is 0 Å². The number of phenols is 1. The van der Waals surface area contributed by atoms with Crippen molar-refractivity contribution in [3.8, 4) is 17.2 Å². The number of anilines is 1. The molecule has 5 nitrogen and oxygen atoms in total. The monoisotopic (exact) mass is 315 g/mol. The Balaban J connectivity index is 2.16. The zero-order chi connectivity index (χ0) is 16.7. The minimum Gasteiger partial charge on any atom is -0.508 e. The normalized spacial score (nSPS) is 10.2. The van der Waals surface area contributed by atoms with Crippen LogP contribution in [0.25, 0.3) is 0 Å². The van der Waals surface area contributed by atoms with Gasteiger partial charge in [0.1, 0.15) is 5.75 Å². The first-order valence-corrected chi connectivity index (χ1v) is 7.64. The number of hydrogen-bond donors (Lipinski definition) is 2. The summed E-state index contributed by atoms with van der Waals surface area (Å²) in [5.74, 6) is 1.09. The van der Waals surface area contributed by atoms with Crippen LogP contribution in [-0.2, 0) is 0 Å². The lowest BCUT2D eigenvalue weighted by molar-refractivity contribution is 0.102. The van der Waals surface area contributed by atoms with Crippen LogP contribution < -0.4 is 14.8 Å². The van der Waals surface area contributed by atoms with Gasteiger partial charge in [-0.05, 0) is 55.8 Å². The van der Waals surface area contributed by atoms with Crippen molar-refractivity contribution in [2.45, 2.75) is 20.3 Å². The maximum Gasteiger partial charge on any atom is 0.255 e. The van der Waals surface area contributed by atoms with Crippen molar-refractivity contribution >= 4 is 11.6 Å². The molecule has 0 unspecified atom stereocenters. The second kappa shape index (κ2) is 8.08. The highest BCUT2D eigenvalue weighted by Crippen LogP contribution is 2.29. The van der Waals surface area contributed by atoms with Crippen LogP contribution in [0.4, 0.5) is 5.69 Å². The predicted octanol–water partition coefficient (Wildman–Crippen LogP) is 3.83. The van der Waals surface area contributed by atoms with E-state index < -0.39 is 0 Å². The Labute approximate surface area is 135 Å². The summed E-state index contributed by atoms with van der Waals surface area (Å²) < 4.78 is 11.2. The van der Waals surface area contributed by atoms with E-state index in [1.807, 2.05) is 13.8 Å². The lowest BCUT2D eigenvalue weighted by Crippen LogP contribution is -2.12. The average Bonchev–Trinajstić information content (AvgIpc) is 2.56. The average molecular weight is 315 g/mol. The molecule has 0 spiro atoms. The molecule has 0 bridgehead atoms. The van der Waals surface area contributed by atoms with Gasteiger partial charge in [-0.15, -0.1) is 0 Å². The number of amides is 1. The van der Waals surface area contributed by atoms with Crippen LogP contribution in [0.1, 0.15) is 30.6 Å². The molecule has 0 saturated carbocycles. The van der Waals surface area contributed by atoms with Crippen LogP contribution in [0.5, 0.6) is 17.2 Å². The quantitative estimate of drug-likeness (QED) is 0.762. The number of benzene rings is 2. The molecule has 2 aromatic carbocycles. The topological polar surface area (TPSA) is 67.8 Å². The van der Waals surface area contributed by atoms with E-state index in [1.165, 1.54) is 12.1 Å². The summed E-state index contributed by atoms with van der Waals surface area (Å²) in [6.07, 6.45) is 0.897. The van der Waals surface area contributed by atoms with Crippen molar-refractivity contribution in [2.75, 3.05) is 18.5 Å². The molecule has 5 heteroatoms. The van der Waals surface area contributed by atoms with E-state index in [2.05, 4.69) is 5.32 Å². The Morgan fingerprint density at radius 2 is 1.78 bits per heavy atom. The third-order valence-electron chi connectivity index (χ3n) is 3.09. The molecule has 0 aromatic heterocycles. The molecule has 2 rings (SSSR count). The number of carbonyl (C=O) groups excluding carboxylic acids is 1. The molecule has 2 aromatic rings. The molecule has 0 atom stereocenters. The summed E-state index contributed by atoms with van der Waals surface area (Å²) >= 11 is 0. The van der Waals surface area contributed by atoms with Crippen molar-refractivity contribution in [3.63, 3.8) is 0 Å². The number of aromatic hydroxyl groups is 1. The second-order valence-electron chi connectivity index (χ2n) is 4.94. The van der Waals surface area contributed by atoms with Gasteiger partial charge in [0, 0.05) is 11.3 Å². The first-order chi connectivity index (χ1) is 11.1. The van der Waals surface area contributed by atoms with Gasteiger partial charge in [0.15, 0.2) is 11.5 Å². The molecule has 0 aliphatic rings. The van der Waals surface area contributed by atoms with Crippen LogP contribution in [0.15, 0.2) is 42.5 Å². The van der Waals surface area contributed by atoms with Gasteiger partial charge in [-0.3, -0.25) is 4.79 Å². The molecule has 0 aliphatic carbocycles.